The molecule has 5 heteroatoms. The molecule has 0 aliphatic heterocycles. The standard InChI is InChI=1S/C20H29NO3Si/c1-6-18(17-13-10-14-19(17)24-25(3,4)5)23-20(22)21-15(2)16-11-8-7-9-12-16/h6-9,11-12,14-15,17-18H,1,10,13H2,2-5H3,(H,21,22)/t15-,17+,18+/m0/s1. The van der Waals surface area contributed by atoms with Gasteiger partial charge in [-0.05, 0) is 51.0 Å². The highest BCUT2D eigenvalue weighted by molar-refractivity contribution is 6.70. The molecule has 0 fully saturated rings. The van der Waals surface area contributed by atoms with Crippen molar-refractivity contribution in [3.8, 4) is 0 Å². The Bertz CT molecular complexity index is 622. The largest absolute Gasteiger partial charge is 0.547 e. The summed E-state index contributed by atoms with van der Waals surface area (Å²) in [6.45, 7) is 12.3. The topological polar surface area (TPSA) is 47.6 Å². The fourth-order valence-corrected chi connectivity index (χ4v) is 3.89. The molecule has 0 bridgehead atoms. The summed E-state index contributed by atoms with van der Waals surface area (Å²) in [5.74, 6) is 1.01. The molecule has 1 aliphatic carbocycles. The molecule has 1 amide bonds. The number of hydrogen-bond acceptors (Lipinski definition) is 3. The highest BCUT2D eigenvalue weighted by Crippen LogP contribution is 2.33. The summed E-state index contributed by atoms with van der Waals surface area (Å²) < 4.78 is 11.8. The number of alkyl carbamates (subject to hydrolysis) is 1. The molecule has 0 aromatic heterocycles. The van der Waals surface area contributed by atoms with Gasteiger partial charge in [0.2, 0.25) is 8.32 Å². The molecule has 1 aromatic carbocycles. The van der Waals surface area contributed by atoms with Crippen LogP contribution >= 0.6 is 0 Å². The van der Waals surface area contributed by atoms with Crippen LogP contribution in [0.25, 0.3) is 0 Å². The van der Waals surface area contributed by atoms with E-state index in [1.807, 2.05) is 37.3 Å². The van der Waals surface area contributed by atoms with Crippen molar-refractivity contribution in [1.82, 2.24) is 5.32 Å². The Morgan fingerprint density at radius 1 is 1.32 bits per heavy atom. The quantitative estimate of drug-likeness (QED) is 0.539. The summed E-state index contributed by atoms with van der Waals surface area (Å²) in [6.07, 6.45) is 4.86. The van der Waals surface area contributed by atoms with Crippen LogP contribution in [0.3, 0.4) is 0 Å². The van der Waals surface area contributed by atoms with Crippen LogP contribution in [0.15, 0.2) is 54.8 Å². The van der Waals surface area contributed by atoms with Crippen LogP contribution in [0.2, 0.25) is 19.6 Å². The predicted molar refractivity (Wildman–Crippen MR) is 104 cm³/mol. The molecule has 1 N–H and O–H groups in total. The summed E-state index contributed by atoms with van der Waals surface area (Å²) >= 11 is 0. The second-order valence-electron chi connectivity index (χ2n) is 7.39. The van der Waals surface area contributed by atoms with Gasteiger partial charge in [-0.25, -0.2) is 4.79 Å². The van der Waals surface area contributed by atoms with E-state index in [0.717, 1.165) is 24.2 Å². The van der Waals surface area contributed by atoms with Crippen molar-refractivity contribution < 1.29 is 14.0 Å². The van der Waals surface area contributed by atoms with Crippen molar-refractivity contribution in [3.63, 3.8) is 0 Å². The molecule has 0 saturated heterocycles. The average Bonchev–Trinajstić information content (AvgIpc) is 2.99. The molecule has 0 unspecified atom stereocenters. The van der Waals surface area contributed by atoms with Gasteiger partial charge in [0, 0.05) is 0 Å². The number of carbonyl (C=O) groups excluding carboxylic acids is 1. The van der Waals surface area contributed by atoms with Crippen LogP contribution in [0, 0.1) is 5.92 Å². The van der Waals surface area contributed by atoms with Crippen molar-refractivity contribution in [1.29, 1.82) is 0 Å². The second kappa shape index (κ2) is 8.38. The number of nitrogens with one attached hydrogen (secondary N) is 1. The van der Waals surface area contributed by atoms with Gasteiger partial charge < -0.3 is 14.5 Å². The maximum Gasteiger partial charge on any atom is 0.408 e. The molecular formula is C20H29NO3Si. The maximum atomic E-state index is 12.3. The first-order valence-electron chi connectivity index (χ1n) is 8.84. The zero-order valence-electron chi connectivity index (χ0n) is 15.6. The summed E-state index contributed by atoms with van der Waals surface area (Å²) in [6, 6.07) is 9.71. The zero-order chi connectivity index (χ0) is 18.4. The second-order valence-corrected chi connectivity index (χ2v) is 11.8. The van der Waals surface area contributed by atoms with Gasteiger partial charge in [-0.2, -0.15) is 0 Å². The molecule has 0 spiro atoms. The lowest BCUT2D eigenvalue weighted by molar-refractivity contribution is 0.0861. The Kier molecular flexibility index (Phi) is 6.48. The van der Waals surface area contributed by atoms with Crippen LogP contribution < -0.4 is 5.32 Å². The Hall–Kier alpha value is -2.01. The Balaban J connectivity index is 1.96. The highest BCUT2D eigenvalue weighted by Gasteiger charge is 2.33. The van der Waals surface area contributed by atoms with Crippen LogP contribution in [-0.2, 0) is 9.16 Å². The third-order valence-electron chi connectivity index (χ3n) is 4.12. The van der Waals surface area contributed by atoms with Crippen molar-refractivity contribution in [2.45, 2.75) is 51.6 Å². The molecule has 1 aromatic rings. The first kappa shape index (κ1) is 19.3. The number of allylic oxidation sites excluding steroid dienone is 1. The highest BCUT2D eigenvalue weighted by atomic mass is 28.4. The van der Waals surface area contributed by atoms with Gasteiger partial charge in [0.05, 0.1) is 17.7 Å². The fourth-order valence-electron chi connectivity index (χ4n) is 2.95. The number of ether oxygens (including phenoxy) is 1. The van der Waals surface area contributed by atoms with E-state index in [2.05, 4.69) is 37.6 Å². The molecule has 0 saturated carbocycles. The molecule has 25 heavy (non-hydrogen) atoms. The van der Waals surface area contributed by atoms with E-state index in [1.54, 1.807) is 6.08 Å². The lowest BCUT2D eigenvalue weighted by Gasteiger charge is -2.28. The van der Waals surface area contributed by atoms with E-state index in [9.17, 15) is 4.79 Å². The minimum absolute atomic E-state index is 0.0574. The molecule has 2 rings (SSSR count). The van der Waals surface area contributed by atoms with Gasteiger partial charge in [-0.1, -0.05) is 43.0 Å². The molecular weight excluding hydrogens is 330 g/mol. The van der Waals surface area contributed by atoms with Crippen molar-refractivity contribution in [2.24, 2.45) is 5.92 Å². The van der Waals surface area contributed by atoms with Gasteiger partial charge in [0.25, 0.3) is 0 Å². The van der Waals surface area contributed by atoms with Crippen LogP contribution in [0.5, 0.6) is 0 Å². The van der Waals surface area contributed by atoms with Gasteiger partial charge in [-0.15, -0.1) is 0 Å². The van der Waals surface area contributed by atoms with Crippen molar-refractivity contribution >= 4 is 14.4 Å². The lowest BCUT2D eigenvalue weighted by Crippen LogP contribution is -2.35. The minimum Gasteiger partial charge on any atom is -0.547 e. The van der Waals surface area contributed by atoms with Crippen molar-refractivity contribution in [2.75, 3.05) is 0 Å². The van der Waals surface area contributed by atoms with E-state index in [1.165, 1.54) is 0 Å². The van der Waals surface area contributed by atoms with E-state index < -0.39 is 14.4 Å². The molecule has 0 heterocycles. The Labute approximate surface area is 152 Å². The normalized spacial score (nSPS) is 19.5. The zero-order valence-corrected chi connectivity index (χ0v) is 16.6. The van der Waals surface area contributed by atoms with Crippen LogP contribution in [0.1, 0.15) is 31.4 Å². The first-order valence-corrected chi connectivity index (χ1v) is 12.2. The maximum absolute atomic E-state index is 12.3. The molecule has 3 atom stereocenters. The Morgan fingerprint density at radius 2 is 2.00 bits per heavy atom. The van der Waals surface area contributed by atoms with Gasteiger partial charge in [0.1, 0.15) is 6.10 Å². The van der Waals surface area contributed by atoms with Crippen molar-refractivity contribution in [3.05, 3.63) is 60.4 Å². The number of amides is 1. The third-order valence-corrected chi connectivity index (χ3v) is 4.97. The smallest absolute Gasteiger partial charge is 0.408 e. The summed E-state index contributed by atoms with van der Waals surface area (Å²) in [4.78, 5) is 12.3. The van der Waals surface area contributed by atoms with Gasteiger partial charge in [-0.3, -0.25) is 0 Å². The molecule has 136 valence electrons. The first-order chi connectivity index (χ1) is 11.8. The fraction of sp³-hybridized carbons (Fsp3) is 0.450. The summed E-state index contributed by atoms with van der Waals surface area (Å²) in [7, 11) is -1.69. The number of benzene rings is 1. The van der Waals surface area contributed by atoms with E-state index in [0.29, 0.717) is 0 Å². The number of hydrogen-bond donors (Lipinski definition) is 1. The SMILES string of the molecule is C=C[C@@H](OC(=O)N[C@@H](C)c1ccccc1)[C@H]1CCC=C1O[Si](C)(C)C. The van der Waals surface area contributed by atoms with Gasteiger partial charge >= 0.3 is 6.09 Å². The molecule has 1 aliphatic rings. The Morgan fingerprint density at radius 3 is 2.60 bits per heavy atom. The van der Waals surface area contributed by atoms with Crippen LogP contribution in [-0.4, -0.2) is 20.5 Å². The average molecular weight is 360 g/mol. The number of rotatable bonds is 7. The number of carbonyl (C=O) groups is 1. The van der Waals surface area contributed by atoms with E-state index in [-0.39, 0.29) is 18.1 Å². The summed E-state index contributed by atoms with van der Waals surface area (Å²) in [5, 5.41) is 2.89. The lowest BCUT2D eigenvalue weighted by atomic mass is 10.0. The molecule has 4 nitrogen and oxygen atoms in total. The predicted octanol–water partition coefficient (Wildman–Crippen LogP) is 5.17. The molecule has 0 radical (unpaired) electrons. The monoisotopic (exact) mass is 359 g/mol. The third kappa shape index (κ3) is 5.78. The van der Waals surface area contributed by atoms with Gasteiger partial charge in [0.15, 0.2) is 0 Å². The summed E-state index contributed by atoms with van der Waals surface area (Å²) in [5.41, 5.74) is 1.04. The van der Waals surface area contributed by atoms with E-state index in [4.69, 9.17) is 9.16 Å². The van der Waals surface area contributed by atoms with E-state index >= 15 is 0 Å². The minimum atomic E-state index is -1.69. The van der Waals surface area contributed by atoms with Crippen LogP contribution in [0.4, 0.5) is 4.79 Å².